The monoisotopic (exact) mass is 529 g/mol. The fraction of sp³-hybridized carbons (Fsp3) is 0.367. The van der Waals surface area contributed by atoms with E-state index in [0.717, 1.165) is 41.4 Å². The highest BCUT2D eigenvalue weighted by atomic mass is 19.1. The van der Waals surface area contributed by atoms with E-state index < -0.39 is 5.60 Å². The number of amides is 1. The van der Waals surface area contributed by atoms with Gasteiger partial charge in [-0.3, -0.25) is 0 Å². The summed E-state index contributed by atoms with van der Waals surface area (Å²) in [7, 11) is 0. The van der Waals surface area contributed by atoms with Gasteiger partial charge in [0, 0.05) is 30.4 Å². The van der Waals surface area contributed by atoms with E-state index in [2.05, 4.69) is 9.55 Å². The van der Waals surface area contributed by atoms with E-state index in [0.29, 0.717) is 36.3 Å². The van der Waals surface area contributed by atoms with Crippen molar-refractivity contribution in [3.05, 3.63) is 66.4 Å². The average molecular weight is 530 g/mol. The number of fused-ring (bicyclic) bond motifs is 1. The van der Waals surface area contributed by atoms with Crippen molar-refractivity contribution < 1.29 is 18.7 Å². The minimum Gasteiger partial charge on any atom is -0.457 e. The van der Waals surface area contributed by atoms with E-state index in [1.54, 1.807) is 17.0 Å². The Morgan fingerprint density at radius 3 is 2.51 bits per heavy atom. The Kier molecular flexibility index (Phi) is 6.16. The Morgan fingerprint density at radius 1 is 1.05 bits per heavy atom. The topological polar surface area (TPSA) is 95.5 Å². The van der Waals surface area contributed by atoms with Gasteiger partial charge in [0.05, 0.1) is 11.4 Å². The van der Waals surface area contributed by atoms with Crippen molar-refractivity contribution in [2.45, 2.75) is 57.6 Å². The smallest absolute Gasteiger partial charge is 0.410 e. The molecular formula is C30H32FN5O3. The van der Waals surface area contributed by atoms with E-state index in [1.165, 1.54) is 24.2 Å². The largest absolute Gasteiger partial charge is 0.457 e. The number of carbonyl (C=O) groups excluding carboxylic acids is 1. The second-order valence-electron chi connectivity index (χ2n) is 11.3. The van der Waals surface area contributed by atoms with Crippen LogP contribution in [-0.2, 0) is 4.74 Å². The number of nitrogens with two attached hydrogens (primary N) is 1. The normalized spacial score (nSPS) is 17.5. The number of anilines is 1. The van der Waals surface area contributed by atoms with Crippen LogP contribution in [0.1, 0.15) is 57.7 Å². The number of nitrogens with zero attached hydrogens (tertiary/aromatic N) is 4. The SMILES string of the molecule is CC(C)(C)OC(=O)N1CC[C@@H](n2c(C3CC3)c(-c3ccc(Oc4cccc(F)c4)cc3)c3c(N)ncnc32)C1. The number of nitrogen functional groups attached to an aromatic ring is 1. The van der Waals surface area contributed by atoms with Crippen molar-refractivity contribution in [2.24, 2.45) is 0 Å². The van der Waals surface area contributed by atoms with Gasteiger partial charge in [-0.2, -0.15) is 0 Å². The number of aromatic nitrogens is 3. The second-order valence-corrected chi connectivity index (χ2v) is 11.3. The van der Waals surface area contributed by atoms with Gasteiger partial charge in [0.15, 0.2) is 0 Å². The number of hydrogen-bond donors (Lipinski definition) is 1. The van der Waals surface area contributed by atoms with Crippen LogP contribution in [0, 0.1) is 5.82 Å². The molecule has 4 aromatic rings. The molecule has 8 nitrogen and oxygen atoms in total. The molecule has 1 aliphatic carbocycles. The summed E-state index contributed by atoms with van der Waals surface area (Å²) in [6.45, 7) is 6.80. The van der Waals surface area contributed by atoms with E-state index in [4.69, 9.17) is 20.2 Å². The zero-order valence-electron chi connectivity index (χ0n) is 22.4. The lowest BCUT2D eigenvalue weighted by molar-refractivity contribution is 0.0289. The molecule has 1 aliphatic heterocycles. The van der Waals surface area contributed by atoms with Crippen LogP contribution in [0.3, 0.4) is 0 Å². The first-order valence-electron chi connectivity index (χ1n) is 13.3. The number of benzene rings is 2. The van der Waals surface area contributed by atoms with Crippen LogP contribution in [-0.4, -0.2) is 44.2 Å². The number of rotatable bonds is 5. The minimum absolute atomic E-state index is 0.0502. The lowest BCUT2D eigenvalue weighted by atomic mass is 10.0. The summed E-state index contributed by atoms with van der Waals surface area (Å²) in [6.07, 6.45) is 4.18. The fourth-order valence-corrected chi connectivity index (χ4v) is 5.40. The molecule has 202 valence electrons. The molecular weight excluding hydrogens is 497 g/mol. The summed E-state index contributed by atoms with van der Waals surface area (Å²) >= 11 is 0. The van der Waals surface area contributed by atoms with Gasteiger partial charge in [-0.05, 0) is 75.8 Å². The maximum atomic E-state index is 13.6. The molecule has 1 amide bonds. The van der Waals surface area contributed by atoms with Crippen molar-refractivity contribution in [1.29, 1.82) is 0 Å². The highest BCUT2D eigenvalue weighted by Gasteiger charge is 2.39. The first-order chi connectivity index (χ1) is 18.7. The third kappa shape index (κ3) is 5.01. The molecule has 9 heteroatoms. The molecule has 39 heavy (non-hydrogen) atoms. The van der Waals surface area contributed by atoms with Crippen molar-refractivity contribution in [2.75, 3.05) is 18.8 Å². The van der Waals surface area contributed by atoms with Gasteiger partial charge in [-0.15, -0.1) is 0 Å². The molecule has 0 unspecified atom stereocenters. The van der Waals surface area contributed by atoms with Gasteiger partial charge in [0.2, 0.25) is 0 Å². The number of ether oxygens (including phenoxy) is 2. The number of likely N-dealkylation sites (tertiary alicyclic amines) is 1. The molecule has 0 bridgehead atoms. The van der Waals surface area contributed by atoms with Crippen LogP contribution >= 0.6 is 0 Å². The molecule has 2 N–H and O–H groups in total. The van der Waals surface area contributed by atoms with Crippen molar-refractivity contribution >= 4 is 22.9 Å². The van der Waals surface area contributed by atoms with E-state index in [9.17, 15) is 9.18 Å². The van der Waals surface area contributed by atoms with Crippen molar-refractivity contribution in [1.82, 2.24) is 19.4 Å². The lowest BCUT2D eigenvalue weighted by Gasteiger charge is -2.25. The zero-order valence-corrected chi connectivity index (χ0v) is 22.4. The first kappa shape index (κ1) is 25.2. The molecule has 2 aromatic carbocycles. The number of halogens is 1. The third-order valence-electron chi connectivity index (χ3n) is 7.17. The van der Waals surface area contributed by atoms with Crippen molar-refractivity contribution in [3.8, 4) is 22.6 Å². The molecule has 2 aliphatic rings. The highest BCUT2D eigenvalue weighted by Crippen LogP contribution is 2.51. The van der Waals surface area contributed by atoms with E-state index in [-0.39, 0.29) is 18.0 Å². The van der Waals surface area contributed by atoms with Gasteiger partial charge in [-0.1, -0.05) is 18.2 Å². The number of hydrogen-bond acceptors (Lipinski definition) is 6. The van der Waals surface area contributed by atoms with Gasteiger partial charge in [0.1, 0.15) is 40.7 Å². The Hall–Kier alpha value is -4.14. The quantitative estimate of drug-likeness (QED) is 0.310. The molecule has 1 saturated heterocycles. The van der Waals surface area contributed by atoms with Gasteiger partial charge < -0.3 is 24.7 Å². The van der Waals surface area contributed by atoms with Crippen LogP contribution < -0.4 is 10.5 Å². The predicted octanol–water partition coefficient (Wildman–Crippen LogP) is 6.67. The molecule has 3 heterocycles. The first-order valence-corrected chi connectivity index (χ1v) is 13.3. The Bertz CT molecular complexity index is 1540. The van der Waals surface area contributed by atoms with Crippen LogP contribution in [0.15, 0.2) is 54.9 Å². The van der Waals surface area contributed by atoms with Crippen LogP contribution in [0.4, 0.5) is 15.0 Å². The summed E-state index contributed by atoms with van der Waals surface area (Å²) in [5.74, 6) is 1.50. The number of carbonyl (C=O) groups is 1. The van der Waals surface area contributed by atoms with Crippen LogP contribution in [0.5, 0.6) is 11.5 Å². The highest BCUT2D eigenvalue weighted by molar-refractivity contribution is 6.03. The summed E-state index contributed by atoms with van der Waals surface area (Å²) < 4.78 is 27.4. The molecule has 6 rings (SSSR count). The Morgan fingerprint density at radius 2 is 1.82 bits per heavy atom. The maximum Gasteiger partial charge on any atom is 0.410 e. The third-order valence-corrected chi connectivity index (χ3v) is 7.17. The van der Waals surface area contributed by atoms with Crippen LogP contribution in [0.25, 0.3) is 22.2 Å². The van der Waals surface area contributed by atoms with E-state index >= 15 is 0 Å². The van der Waals surface area contributed by atoms with Crippen molar-refractivity contribution in [3.63, 3.8) is 0 Å². The predicted molar refractivity (Wildman–Crippen MR) is 147 cm³/mol. The minimum atomic E-state index is -0.548. The Labute approximate surface area is 226 Å². The molecule has 2 aromatic heterocycles. The van der Waals surface area contributed by atoms with Gasteiger partial charge in [0.25, 0.3) is 0 Å². The molecule has 2 fully saturated rings. The molecule has 1 saturated carbocycles. The maximum absolute atomic E-state index is 13.6. The molecule has 0 radical (unpaired) electrons. The lowest BCUT2D eigenvalue weighted by Crippen LogP contribution is -2.35. The fourth-order valence-electron chi connectivity index (χ4n) is 5.40. The van der Waals surface area contributed by atoms with E-state index in [1.807, 2.05) is 45.0 Å². The van der Waals surface area contributed by atoms with Gasteiger partial charge in [-0.25, -0.2) is 19.2 Å². The molecule has 0 spiro atoms. The van der Waals surface area contributed by atoms with Gasteiger partial charge >= 0.3 is 6.09 Å². The zero-order chi connectivity index (χ0) is 27.3. The van der Waals surface area contributed by atoms with Crippen LogP contribution in [0.2, 0.25) is 0 Å². The average Bonchev–Trinajstić information content (AvgIpc) is 3.48. The summed E-state index contributed by atoms with van der Waals surface area (Å²) in [4.78, 5) is 23.6. The summed E-state index contributed by atoms with van der Waals surface area (Å²) in [5, 5.41) is 0.828. The summed E-state index contributed by atoms with van der Waals surface area (Å²) in [5.41, 5.74) is 9.91. The second kappa shape index (κ2) is 9.55. The Balaban J connectivity index is 1.38. The molecule has 1 atom stereocenters. The summed E-state index contributed by atoms with van der Waals surface area (Å²) in [6, 6.07) is 13.9. The standard InChI is InChI=1S/C30H32FN5O3/c1-30(2,3)39-29(37)35-14-13-21(16-35)36-26(19-7-8-19)24(25-27(32)33-17-34-28(25)36)18-9-11-22(12-10-18)38-23-6-4-5-20(31)15-23/h4-6,9-12,15,17,19,21H,7-8,13-14,16H2,1-3H3,(H2,32,33,34)/t21-/m1/s1.